The van der Waals surface area contributed by atoms with E-state index >= 15 is 0 Å². The highest BCUT2D eigenvalue weighted by Crippen LogP contribution is 2.27. The molecular formula is C14H20O2. The summed E-state index contributed by atoms with van der Waals surface area (Å²) in [6.45, 7) is 5.67. The number of carboxylic acid groups (broad SMARTS) is 1. The van der Waals surface area contributed by atoms with Crippen molar-refractivity contribution >= 4 is 5.97 Å². The van der Waals surface area contributed by atoms with Crippen LogP contribution >= 0.6 is 0 Å². The summed E-state index contributed by atoms with van der Waals surface area (Å²) in [4.78, 5) is 11.2. The normalized spacial score (nSPS) is 11.4. The van der Waals surface area contributed by atoms with Crippen LogP contribution in [0.4, 0.5) is 0 Å². The van der Waals surface area contributed by atoms with Crippen LogP contribution < -0.4 is 0 Å². The lowest BCUT2D eigenvalue weighted by molar-refractivity contribution is -0.142. The molecule has 0 fully saturated rings. The molecule has 0 aliphatic carbocycles. The Morgan fingerprint density at radius 3 is 2.50 bits per heavy atom. The van der Waals surface area contributed by atoms with E-state index < -0.39 is 11.4 Å². The first-order chi connectivity index (χ1) is 7.50. The number of aliphatic carboxylic acids is 1. The van der Waals surface area contributed by atoms with Crippen LogP contribution in [0.15, 0.2) is 24.3 Å². The second kappa shape index (κ2) is 5.15. The molecule has 88 valence electrons. The Kier molecular flexibility index (Phi) is 4.11. The molecule has 2 heteroatoms. The third-order valence-electron chi connectivity index (χ3n) is 3.03. The molecule has 0 bridgehead atoms. The maximum Gasteiger partial charge on any atom is 0.313 e. The zero-order chi connectivity index (χ0) is 12.2. The first-order valence-corrected chi connectivity index (χ1v) is 5.82. The Morgan fingerprint density at radius 1 is 1.31 bits per heavy atom. The lowest BCUT2D eigenvalue weighted by atomic mass is 9.81. The van der Waals surface area contributed by atoms with E-state index in [0.717, 1.165) is 30.4 Å². The van der Waals surface area contributed by atoms with Crippen molar-refractivity contribution in [1.82, 2.24) is 0 Å². The van der Waals surface area contributed by atoms with Gasteiger partial charge in [-0.25, -0.2) is 0 Å². The fourth-order valence-electron chi connectivity index (χ4n) is 1.83. The summed E-state index contributed by atoms with van der Waals surface area (Å²) in [5.74, 6) is -0.767. The van der Waals surface area contributed by atoms with E-state index in [1.54, 1.807) is 13.8 Å². The number of aryl methyl sites for hydroxylation is 1. The lowest BCUT2D eigenvalue weighted by Crippen LogP contribution is -2.29. The van der Waals surface area contributed by atoms with E-state index in [-0.39, 0.29) is 0 Å². The van der Waals surface area contributed by atoms with Gasteiger partial charge >= 0.3 is 5.97 Å². The molecule has 0 saturated carbocycles. The van der Waals surface area contributed by atoms with Gasteiger partial charge in [0.1, 0.15) is 0 Å². The Labute approximate surface area is 97.3 Å². The minimum atomic E-state index is -0.801. The fourth-order valence-corrected chi connectivity index (χ4v) is 1.83. The molecule has 1 aromatic rings. The van der Waals surface area contributed by atoms with Gasteiger partial charge in [-0.2, -0.15) is 0 Å². The molecule has 0 atom stereocenters. The van der Waals surface area contributed by atoms with Gasteiger partial charge in [-0.3, -0.25) is 4.79 Å². The molecule has 0 aromatic heterocycles. The number of unbranched alkanes of at least 4 members (excludes halogenated alkanes) is 1. The second-order valence-corrected chi connectivity index (χ2v) is 4.69. The van der Waals surface area contributed by atoms with E-state index in [9.17, 15) is 9.90 Å². The molecule has 0 amide bonds. The molecule has 1 N–H and O–H groups in total. The van der Waals surface area contributed by atoms with Crippen LogP contribution in [-0.4, -0.2) is 11.1 Å². The van der Waals surface area contributed by atoms with Crippen LogP contribution in [0.5, 0.6) is 0 Å². The van der Waals surface area contributed by atoms with Crippen LogP contribution in [0.1, 0.15) is 44.7 Å². The van der Waals surface area contributed by atoms with Crippen molar-refractivity contribution in [3.05, 3.63) is 35.4 Å². The van der Waals surface area contributed by atoms with Crippen molar-refractivity contribution < 1.29 is 9.90 Å². The highest BCUT2D eigenvalue weighted by molar-refractivity contribution is 5.80. The van der Waals surface area contributed by atoms with Gasteiger partial charge < -0.3 is 5.11 Å². The molecule has 0 radical (unpaired) electrons. The predicted octanol–water partition coefficient (Wildman–Crippen LogP) is 3.39. The summed E-state index contributed by atoms with van der Waals surface area (Å²) in [7, 11) is 0. The van der Waals surface area contributed by atoms with Gasteiger partial charge in [0.05, 0.1) is 5.41 Å². The third kappa shape index (κ3) is 2.63. The highest BCUT2D eigenvalue weighted by Gasteiger charge is 2.30. The molecule has 0 heterocycles. The van der Waals surface area contributed by atoms with Gasteiger partial charge in [0.15, 0.2) is 0 Å². The average molecular weight is 220 g/mol. The number of hydrogen-bond donors (Lipinski definition) is 1. The standard InChI is InChI=1S/C14H20O2/c1-4-5-8-11-9-6-7-10-12(11)14(2,3)13(15)16/h6-7,9-10H,4-5,8H2,1-3H3,(H,15,16). The molecule has 1 aromatic carbocycles. The maximum absolute atomic E-state index is 11.2. The quantitative estimate of drug-likeness (QED) is 0.825. The molecule has 1 rings (SSSR count). The smallest absolute Gasteiger partial charge is 0.313 e. The monoisotopic (exact) mass is 220 g/mol. The van der Waals surface area contributed by atoms with Crippen molar-refractivity contribution in [3.8, 4) is 0 Å². The minimum Gasteiger partial charge on any atom is -0.481 e. The molecule has 0 aliphatic rings. The zero-order valence-corrected chi connectivity index (χ0v) is 10.3. The minimum absolute atomic E-state index is 0.767. The van der Waals surface area contributed by atoms with Crippen molar-refractivity contribution in [2.75, 3.05) is 0 Å². The Balaban J connectivity index is 3.07. The Bertz CT molecular complexity index is 367. The van der Waals surface area contributed by atoms with Crippen molar-refractivity contribution in [2.45, 2.75) is 45.4 Å². The first-order valence-electron chi connectivity index (χ1n) is 5.82. The van der Waals surface area contributed by atoms with Crippen molar-refractivity contribution in [3.63, 3.8) is 0 Å². The largest absolute Gasteiger partial charge is 0.481 e. The van der Waals surface area contributed by atoms with Crippen LogP contribution in [0.25, 0.3) is 0 Å². The Morgan fingerprint density at radius 2 is 1.94 bits per heavy atom. The van der Waals surface area contributed by atoms with Gasteiger partial charge in [-0.05, 0) is 37.8 Å². The van der Waals surface area contributed by atoms with Crippen LogP contribution in [-0.2, 0) is 16.6 Å². The summed E-state index contributed by atoms with van der Waals surface area (Å²) in [5.41, 5.74) is 1.30. The van der Waals surface area contributed by atoms with E-state index in [1.165, 1.54) is 0 Å². The van der Waals surface area contributed by atoms with Crippen LogP contribution in [0, 0.1) is 0 Å². The molecule has 0 spiro atoms. The van der Waals surface area contributed by atoms with Gasteiger partial charge in [-0.15, -0.1) is 0 Å². The highest BCUT2D eigenvalue weighted by atomic mass is 16.4. The molecule has 2 nitrogen and oxygen atoms in total. The summed E-state index contributed by atoms with van der Waals surface area (Å²) in [6.07, 6.45) is 3.19. The number of carboxylic acids is 1. The molecule has 0 unspecified atom stereocenters. The number of rotatable bonds is 5. The predicted molar refractivity (Wildman–Crippen MR) is 65.7 cm³/mol. The average Bonchev–Trinajstić information content (AvgIpc) is 2.26. The number of carbonyl (C=O) groups is 1. The molecule has 0 saturated heterocycles. The first kappa shape index (κ1) is 12.8. The van der Waals surface area contributed by atoms with E-state index in [1.807, 2.05) is 24.3 Å². The van der Waals surface area contributed by atoms with Crippen LogP contribution in [0.2, 0.25) is 0 Å². The topological polar surface area (TPSA) is 37.3 Å². The van der Waals surface area contributed by atoms with Crippen LogP contribution in [0.3, 0.4) is 0 Å². The van der Waals surface area contributed by atoms with Gasteiger partial charge in [0, 0.05) is 0 Å². The van der Waals surface area contributed by atoms with Gasteiger partial charge in [-0.1, -0.05) is 37.6 Å². The van der Waals surface area contributed by atoms with Gasteiger partial charge in [0.2, 0.25) is 0 Å². The van der Waals surface area contributed by atoms with Crippen molar-refractivity contribution in [1.29, 1.82) is 0 Å². The van der Waals surface area contributed by atoms with E-state index in [0.29, 0.717) is 0 Å². The SMILES string of the molecule is CCCCc1ccccc1C(C)(C)C(=O)O. The summed E-state index contributed by atoms with van der Waals surface area (Å²) >= 11 is 0. The zero-order valence-electron chi connectivity index (χ0n) is 10.3. The lowest BCUT2D eigenvalue weighted by Gasteiger charge is -2.23. The number of hydrogen-bond acceptors (Lipinski definition) is 1. The second-order valence-electron chi connectivity index (χ2n) is 4.69. The van der Waals surface area contributed by atoms with Crippen molar-refractivity contribution in [2.24, 2.45) is 0 Å². The molecule has 0 aliphatic heterocycles. The summed E-state index contributed by atoms with van der Waals surface area (Å²) in [6, 6.07) is 7.86. The molecular weight excluding hydrogens is 200 g/mol. The molecule has 16 heavy (non-hydrogen) atoms. The van der Waals surface area contributed by atoms with E-state index in [4.69, 9.17) is 0 Å². The fraction of sp³-hybridized carbons (Fsp3) is 0.500. The van der Waals surface area contributed by atoms with Gasteiger partial charge in [0.25, 0.3) is 0 Å². The number of benzene rings is 1. The maximum atomic E-state index is 11.2. The Hall–Kier alpha value is -1.31. The summed E-state index contributed by atoms with van der Waals surface area (Å²) in [5, 5.41) is 9.24. The van der Waals surface area contributed by atoms with E-state index in [2.05, 4.69) is 6.92 Å². The third-order valence-corrected chi connectivity index (χ3v) is 3.03. The summed E-state index contributed by atoms with van der Waals surface area (Å²) < 4.78 is 0.